The monoisotopic (exact) mass is 556 g/mol. The second kappa shape index (κ2) is 10.3. The van der Waals surface area contributed by atoms with Gasteiger partial charge in [-0.1, -0.05) is 24.3 Å². The van der Waals surface area contributed by atoms with Crippen LogP contribution in [-0.4, -0.2) is 49.4 Å². The molecule has 0 radical (unpaired) electrons. The molecule has 38 heavy (non-hydrogen) atoms. The van der Waals surface area contributed by atoms with Crippen molar-refractivity contribution in [3.05, 3.63) is 59.8 Å². The molecule has 3 aromatic heterocycles. The van der Waals surface area contributed by atoms with Crippen molar-refractivity contribution in [1.29, 1.82) is 0 Å². The Kier molecular flexibility index (Phi) is 7.03. The topological polar surface area (TPSA) is 163 Å². The van der Waals surface area contributed by atoms with E-state index in [9.17, 15) is 8.42 Å². The third-order valence-electron chi connectivity index (χ3n) is 5.48. The van der Waals surface area contributed by atoms with Crippen LogP contribution in [0.15, 0.2) is 59.4 Å². The fourth-order valence-electron chi connectivity index (χ4n) is 4.04. The van der Waals surface area contributed by atoms with E-state index in [1.54, 1.807) is 27.0 Å². The van der Waals surface area contributed by atoms with Gasteiger partial charge in [0.25, 0.3) is 6.29 Å². The lowest BCUT2D eigenvalue weighted by atomic mass is 10.0. The van der Waals surface area contributed by atoms with Gasteiger partial charge < -0.3 is 19.8 Å². The van der Waals surface area contributed by atoms with Crippen LogP contribution in [0.3, 0.4) is 0 Å². The molecule has 0 amide bonds. The lowest BCUT2D eigenvalue weighted by Gasteiger charge is -2.20. The van der Waals surface area contributed by atoms with Gasteiger partial charge in [0.1, 0.15) is 12.6 Å². The number of aromatic amines is 1. The number of nitrogens with zero attached hydrogens (tertiary/aromatic N) is 5. The molecule has 1 atom stereocenters. The molecular formula is C24H28N8O4S2. The first-order chi connectivity index (χ1) is 18.1. The molecule has 14 heteroatoms. The molecule has 0 saturated heterocycles. The number of nitrogens with one attached hydrogen (secondary N) is 2. The van der Waals surface area contributed by atoms with Gasteiger partial charge in [0.2, 0.25) is 15.1 Å². The van der Waals surface area contributed by atoms with Crippen LogP contribution < -0.4 is 10.5 Å². The Morgan fingerprint density at radius 2 is 2.03 bits per heavy atom. The number of ether oxygens (including phenoxy) is 2. The van der Waals surface area contributed by atoms with Gasteiger partial charge >= 0.3 is 0 Å². The van der Waals surface area contributed by atoms with Gasteiger partial charge in [-0.15, -0.1) is 0 Å². The van der Waals surface area contributed by atoms with Crippen molar-refractivity contribution < 1.29 is 17.9 Å². The Labute approximate surface area is 224 Å². The summed E-state index contributed by atoms with van der Waals surface area (Å²) in [4.78, 5) is 13.0. The molecule has 0 saturated carbocycles. The number of hydrogen-bond acceptors (Lipinski definition) is 10. The third-order valence-corrected chi connectivity index (χ3v) is 8.11. The Balaban J connectivity index is 1.34. The number of nitrogen functional groups attached to an aromatic ring is 1. The zero-order valence-electron chi connectivity index (χ0n) is 21.1. The lowest BCUT2D eigenvalue weighted by molar-refractivity contribution is -0.0269. The van der Waals surface area contributed by atoms with Crippen molar-refractivity contribution in [2.24, 2.45) is 0 Å². The molecule has 4 N–H and O–H groups in total. The van der Waals surface area contributed by atoms with Crippen LogP contribution in [0.2, 0.25) is 0 Å². The van der Waals surface area contributed by atoms with Gasteiger partial charge in [-0.3, -0.25) is 5.10 Å². The van der Waals surface area contributed by atoms with Crippen molar-refractivity contribution in [3.8, 4) is 11.3 Å². The summed E-state index contributed by atoms with van der Waals surface area (Å²) >= 11 is 1.24. The molecule has 5 rings (SSSR count). The van der Waals surface area contributed by atoms with E-state index in [-0.39, 0.29) is 11.6 Å². The summed E-state index contributed by atoms with van der Waals surface area (Å²) in [5.41, 5.74) is 8.94. The van der Waals surface area contributed by atoms with Gasteiger partial charge in [-0.05, 0) is 45.0 Å². The fraction of sp³-hybridized carbons (Fsp3) is 0.333. The minimum atomic E-state index is -3.46. The number of fused-ring (bicyclic) bond motifs is 1. The van der Waals surface area contributed by atoms with E-state index in [4.69, 9.17) is 15.2 Å². The maximum Gasteiger partial charge on any atom is 0.268 e. The Bertz CT molecular complexity index is 1580. The zero-order chi connectivity index (χ0) is 26.9. The summed E-state index contributed by atoms with van der Waals surface area (Å²) in [7, 11) is -3.46. The molecule has 1 aromatic carbocycles. The number of nitrogens with two attached hydrogens (primary N) is 1. The highest BCUT2D eigenvalue weighted by Gasteiger charge is 2.28. The first kappa shape index (κ1) is 26.0. The van der Waals surface area contributed by atoms with E-state index in [0.717, 1.165) is 16.8 Å². The second-order valence-electron chi connectivity index (χ2n) is 9.67. The van der Waals surface area contributed by atoms with E-state index in [0.29, 0.717) is 34.4 Å². The number of hydrogen-bond donors (Lipinski definition) is 3. The van der Waals surface area contributed by atoms with E-state index < -0.39 is 21.9 Å². The minimum absolute atomic E-state index is 0.0526. The average Bonchev–Trinajstić information content (AvgIpc) is 3.60. The van der Waals surface area contributed by atoms with Crippen LogP contribution in [0.1, 0.15) is 39.0 Å². The Hall–Kier alpha value is -3.62. The van der Waals surface area contributed by atoms with Crippen LogP contribution >= 0.6 is 11.8 Å². The molecule has 12 nitrogen and oxygen atoms in total. The summed E-state index contributed by atoms with van der Waals surface area (Å²) in [5, 5.41) is 8.11. The predicted molar refractivity (Wildman–Crippen MR) is 144 cm³/mol. The molecule has 0 spiro atoms. The van der Waals surface area contributed by atoms with Gasteiger partial charge in [-0.2, -0.15) is 5.10 Å². The predicted octanol–water partition coefficient (Wildman–Crippen LogP) is 3.54. The van der Waals surface area contributed by atoms with Gasteiger partial charge in [0.05, 0.1) is 11.4 Å². The van der Waals surface area contributed by atoms with Crippen molar-refractivity contribution >= 4 is 38.8 Å². The Morgan fingerprint density at radius 3 is 2.79 bits per heavy atom. The molecule has 0 aliphatic carbocycles. The molecule has 1 unspecified atom stereocenters. The van der Waals surface area contributed by atoms with Crippen LogP contribution in [0.5, 0.6) is 0 Å². The largest absolute Gasteiger partial charge is 0.454 e. The maximum absolute atomic E-state index is 12.5. The third kappa shape index (κ3) is 5.76. The number of aromatic nitrogens is 6. The maximum atomic E-state index is 12.5. The van der Waals surface area contributed by atoms with E-state index >= 15 is 0 Å². The highest BCUT2D eigenvalue weighted by Crippen LogP contribution is 2.40. The van der Waals surface area contributed by atoms with Gasteiger partial charge in [0.15, 0.2) is 22.1 Å². The minimum Gasteiger partial charge on any atom is -0.454 e. The SMILES string of the molecule is CC(C)(C)NS(=O)(=O)CCCn1c(SC2=COC(c3ccccc3-c3cc[nH]n3)O2)nc2c(N)ncnc21. The number of rotatable bonds is 9. The summed E-state index contributed by atoms with van der Waals surface area (Å²) in [6, 6.07) is 9.59. The zero-order valence-corrected chi connectivity index (χ0v) is 22.7. The van der Waals surface area contributed by atoms with Gasteiger partial charge in [-0.25, -0.2) is 28.1 Å². The molecule has 1 aliphatic rings. The molecule has 1 aliphatic heterocycles. The summed E-state index contributed by atoms with van der Waals surface area (Å²) in [6.07, 6.45) is 4.32. The highest BCUT2D eigenvalue weighted by atomic mass is 32.2. The molecule has 4 heterocycles. The first-order valence-corrected chi connectivity index (χ1v) is 14.3. The molecule has 0 fully saturated rings. The fourth-order valence-corrected chi connectivity index (χ4v) is 6.43. The number of thioether (sulfide) groups is 1. The number of anilines is 1. The van der Waals surface area contributed by atoms with Crippen LogP contribution in [0.4, 0.5) is 5.82 Å². The molecular weight excluding hydrogens is 528 g/mol. The number of aryl methyl sites for hydroxylation is 1. The van der Waals surface area contributed by atoms with Crippen LogP contribution in [-0.2, 0) is 26.0 Å². The average molecular weight is 557 g/mol. The van der Waals surface area contributed by atoms with E-state index in [1.807, 2.05) is 34.9 Å². The van der Waals surface area contributed by atoms with Crippen molar-refractivity contribution in [3.63, 3.8) is 0 Å². The highest BCUT2D eigenvalue weighted by molar-refractivity contribution is 8.02. The smallest absolute Gasteiger partial charge is 0.268 e. The van der Waals surface area contributed by atoms with Crippen LogP contribution in [0.25, 0.3) is 22.4 Å². The number of benzene rings is 1. The second-order valence-corrected chi connectivity index (χ2v) is 12.5. The first-order valence-electron chi connectivity index (χ1n) is 11.9. The molecule has 0 bridgehead atoms. The standard InChI is InChI=1S/C24H28N8O4S2/c1-24(2,3)31-38(33,34)12-6-11-32-21-19(20(25)26-14-27-21)29-23(32)37-18-13-35-22(36-18)16-8-5-4-7-15(16)17-9-10-28-30-17/h4-5,7-10,13-14,22,31H,6,11-12H2,1-3H3,(H,28,30)(H2,25,26,27). The molecule has 200 valence electrons. The lowest BCUT2D eigenvalue weighted by Crippen LogP contribution is -2.41. The Morgan fingerprint density at radius 1 is 1.21 bits per heavy atom. The van der Waals surface area contributed by atoms with E-state index in [1.165, 1.54) is 24.4 Å². The number of sulfonamides is 1. The quantitative estimate of drug-likeness (QED) is 0.278. The summed E-state index contributed by atoms with van der Waals surface area (Å²) < 4.78 is 41.5. The van der Waals surface area contributed by atoms with E-state index in [2.05, 4.69) is 29.9 Å². The number of H-pyrrole nitrogens is 1. The molecule has 4 aromatic rings. The van der Waals surface area contributed by atoms with Crippen molar-refractivity contribution in [1.82, 2.24) is 34.4 Å². The summed E-state index contributed by atoms with van der Waals surface area (Å²) in [6.45, 7) is 5.76. The normalized spacial score (nSPS) is 15.9. The summed E-state index contributed by atoms with van der Waals surface area (Å²) in [5.74, 6) is 0.184. The van der Waals surface area contributed by atoms with Gasteiger partial charge in [0, 0.05) is 29.4 Å². The van der Waals surface area contributed by atoms with Crippen molar-refractivity contribution in [2.45, 2.75) is 50.7 Å². The van der Waals surface area contributed by atoms with Crippen LogP contribution in [0, 0.1) is 0 Å². The number of imidazole rings is 1. The van der Waals surface area contributed by atoms with Crippen molar-refractivity contribution in [2.75, 3.05) is 11.5 Å².